The van der Waals surface area contributed by atoms with Crippen molar-refractivity contribution in [1.82, 2.24) is 10.4 Å². The van der Waals surface area contributed by atoms with Gasteiger partial charge in [-0.25, -0.2) is 4.98 Å². The Morgan fingerprint density at radius 1 is 1.17 bits per heavy atom. The van der Waals surface area contributed by atoms with E-state index in [1.807, 2.05) is 54.6 Å². The average Bonchev–Trinajstić information content (AvgIpc) is 2.59. The molecule has 3 rings (SSSR count). The third-order valence-electron chi connectivity index (χ3n) is 3.43. The Labute approximate surface area is 139 Å². The molecule has 1 aromatic heterocycles. The van der Waals surface area contributed by atoms with E-state index >= 15 is 0 Å². The standard InChI is InChI=1S/C18H16ClN3O/c1-23-16-8-7-14-9-15(18(19)22-17(14)10-16)12-21-20-11-13-5-3-2-4-6-13/h2-10,12,20H,11H2,1H3/b21-12+. The first-order valence-electron chi connectivity index (χ1n) is 7.20. The molecule has 0 saturated carbocycles. The number of aromatic nitrogens is 1. The van der Waals surface area contributed by atoms with Crippen LogP contribution in [-0.2, 0) is 6.54 Å². The largest absolute Gasteiger partial charge is 0.497 e. The topological polar surface area (TPSA) is 46.5 Å². The van der Waals surface area contributed by atoms with E-state index < -0.39 is 0 Å². The van der Waals surface area contributed by atoms with Gasteiger partial charge in [0.2, 0.25) is 0 Å². The van der Waals surface area contributed by atoms with Crippen LogP contribution < -0.4 is 10.2 Å². The van der Waals surface area contributed by atoms with Crippen molar-refractivity contribution in [3.63, 3.8) is 0 Å². The lowest BCUT2D eigenvalue weighted by Crippen LogP contribution is -2.05. The number of benzene rings is 2. The second-order valence-corrected chi connectivity index (χ2v) is 5.36. The Kier molecular flexibility index (Phi) is 4.74. The van der Waals surface area contributed by atoms with Crippen LogP contribution in [-0.4, -0.2) is 18.3 Å². The van der Waals surface area contributed by atoms with Gasteiger partial charge in [0.05, 0.1) is 25.4 Å². The minimum atomic E-state index is 0.413. The van der Waals surface area contributed by atoms with E-state index in [0.29, 0.717) is 11.7 Å². The second-order valence-electron chi connectivity index (χ2n) is 5.01. The third-order valence-corrected chi connectivity index (χ3v) is 3.73. The van der Waals surface area contributed by atoms with Crippen molar-refractivity contribution in [2.24, 2.45) is 5.10 Å². The molecule has 116 valence electrons. The summed E-state index contributed by atoms with van der Waals surface area (Å²) in [5, 5.41) is 5.61. The van der Waals surface area contributed by atoms with Crippen molar-refractivity contribution < 1.29 is 4.74 Å². The second kappa shape index (κ2) is 7.11. The van der Waals surface area contributed by atoms with E-state index in [2.05, 4.69) is 15.5 Å². The van der Waals surface area contributed by atoms with Gasteiger partial charge in [-0.15, -0.1) is 0 Å². The molecule has 0 fully saturated rings. The molecule has 0 spiro atoms. The molecule has 1 heterocycles. The van der Waals surface area contributed by atoms with Gasteiger partial charge in [0.15, 0.2) is 0 Å². The van der Waals surface area contributed by atoms with Crippen molar-refractivity contribution in [3.8, 4) is 5.75 Å². The molecule has 0 saturated heterocycles. The number of nitrogens with one attached hydrogen (secondary N) is 1. The zero-order chi connectivity index (χ0) is 16.1. The van der Waals surface area contributed by atoms with E-state index in [1.165, 1.54) is 5.56 Å². The lowest BCUT2D eigenvalue weighted by Gasteiger charge is -2.05. The molecule has 0 bridgehead atoms. The van der Waals surface area contributed by atoms with Crippen molar-refractivity contribution >= 4 is 28.7 Å². The highest BCUT2D eigenvalue weighted by Crippen LogP contribution is 2.23. The number of hydrogen-bond acceptors (Lipinski definition) is 4. The average molecular weight is 326 g/mol. The molecule has 23 heavy (non-hydrogen) atoms. The number of rotatable bonds is 5. The summed E-state index contributed by atoms with van der Waals surface area (Å²) in [6.07, 6.45) is 1.68. The minimum absolute atomic E-state index is 0.413. The maximum Gasteiger partial charge on any atom is 0.138 e. The number of pyridine rings is 1. The van der Waals surface area contributed by atoms with Crippen molar-refractivity contribution in [3.05, 3.63) is 70.9 Å². The summed E-state index contributed by atoms with van der Waals surface area (Å²) in [5.74, 6) is 0.756. The van der Waals surface area contributed by atoms with Crippen molar-refractivity contribution in [2.75, 3.05) is 7.11 Å². The first-order chi connectivity index (χ1) is 11.3. The molecule has 0 unspecified atom stereocenters. The number of methoxy groups -OCH3 is 1. The lowest BCUT2D eigenvalue weighted by atomic mass is 10.1. The van der Waals surface area contributed by atoms with Gasteiger partial charge in [-0.2, -0.15) is 5.10 Å². The maximum atomic E-state index is 6.22. The predicted molar refractivity (Wildman–Crippen MR) is 94.2 cm³/mol. The number of halogens is 1. The first kappa shape index (κ1) is 15.3. The molecule has 0 radical (unpaired) electrons. The van der Waals surface area contributed by atoms with Gasteiger partial charge >= 0.3 is 0 Å². The molecular weight excluding hydrogens is 310 g/mol. The van der Waals surface area contributed by atoms with E-state index in [4.69, 9.17) is 16.3 Å². The van der Waals surface area contributed by atoms with Crippen LogP contribution in [0.5, 0.6) is 5.75 Å². The summed E-state index contributed by atoms with van der Waals surface area (Å²) in [6.45, 7) is 0.660. The summed E-state index contributed by atoms with van der Waals surface area (Å²) in [7, 11) is 1.63. The molecule has 0 atom stereocenters. The van der Waals surface area contributed by atoms with Gasteiger partial charge < -0.3 is 10.2 Å². The fraction of sp³-hybridized carbons (Fsp3) is 0.111. The molecule has 4 nitrogen and oxygen atoms in total. The fourth-order valence-corrected chi connectivity index (χ4v) is 2.40. The Balaban J connectivity index is 1.74. The van der Waals surface area contributed by atoms with Gasteiger partial charge in [0, 0.05) is 17.0 Å². The highest BCUT2D eigenvalue weighted by molar-refractivity contribution is 6.32. The Bertz CT molecular complexity index is 834. The van der Waals surface area contributed by atoms with E-state index in [9.17, 15) is 0 Å². The maximum absolute atomic E-state index is 6.22. The molecule has 5 heteroatoms. The third kappa shape index (κ3) is 3.79. The van der Waals surface area contributed by atoms with E-state index in [1.54, 1.807) is 13.3 Å². The highest BCUT2D eigenvalue weighted by Gasteiger charge is 2.04. The van der Waals surface area contributed by atoms with Crippen LogP contribution >= 0.6 is 11.6 Å². The predicted octanol–water partition coefficient (Wildman–Crippen LogP) is 4.02. The zero-order valence-electron chi connectivity index (χ0n) is 12.7. The summed E-state index contributed by atoms with van der Waals surface area (Å²) in [6, 6.07) is 17.7. The van der Waals surface area contributed by atoms with Crippen molar-refractivity contribution in [1.29, 1.82) is 0 Å². The SMILES string of the molecule is COc1ccc2cc(/C=N/NCc3ccccc3)c(Cl)nc2c1. The van der Waals surface area contributed by atoms with Gasteiger partial charge in [0.1, 0.15) is 10.9 Å². The number of fused-ring (bicyclic) bond motifs is 1. The number of nitrogens with zero attached hydrogens (tertiary/aromatic N) is 2. The van der Waals surface area contributed by atoms with Crippen LogP contribution in [0.15, 0.2) is 59.7 Å². The minimum Gasteiger partial charge on any atom is -0.497 e. The number of ether oxygens (including phenoxy) is 1. The van der Waals surface area contributed by atoms with Crippen LogP contribution in [0.2, 0.25) is 5.15 Å². The van der Waals surface area contributed by atoms with Gasteiger partial charge in [-0.3, -0.25) is 0 Å². The Morgan fingerprint density at radius 3 is 2.78 bits per heavy atom. The Morgan fingerprint density at radius 2 is 2.00 bits per heavy atom. The monoisotopic (exact) mass is 325 g/mol. The molecular formula is C18H16ClN3O. The van der Waals surface area contributed by atoms with Crippen LogP contribution in [0.1, 0.15) is 11.1 Å². The quantitative estimate of drug-likeness (QED) is 0.438. The van der Waals surface area contributed by atoms with Gasteiger partial charge in [-0.05, 0) is 23.8 Å². The Hall–Kier alpha value is -2.59. The summed E-state index contributed by atoms with van der Waals surface area (Å²) in [5.41, 5.74) is 5.74. The summed E-state index contributed by atoms with van der Waals surface area (Å²) < 4.78 is 5.19. The van der Waals surface area contributed by atoms with Crippen LogP contribution in [0.4, 0.5) is 0 Å². The molecule has 1 N–H and O–H groups in total. The fourth-order valence-electron chi connectivity index (χ4n) is 2.21. The molecule has 0 amide bonds. The number of hydrazone groups is 1. The summed E-state index contributed by atoms with van der Waals surface area (Å²) in [4.78, 5) is 4.39. The van der Waals surface area contributed by atoms with Crippen LogP contribution in [0.3, 0.4) is 0 Å². The smallest absolute Gasteiger partial charge is 0.138 e. The highest BCUT2D eigenvalue weighted by atomic mass is 35.5. The molecule has 2 aromatic carbocycles. The first-order valence-corrected chi connectivity index (χ1v) is 7.58. The molecule has 0 aliphatic carbocycles. The lowest BCUT2D eigenvalue weighted by molar-refractivity contribution is 0.415. The molecule has 3 aromatic rings. The molecule has 0 aliphatic rings. The van der Waals surface area contributed by atoms with Gasteiger partial charge in [0.25, 0.3) is 0 Å². The van der Waals surface area contributed by atoms with Crippen molar-refractivity contribution in [2.45, 2.75) is 6.54 Å². The van der Waals surface area contributed by atoms with Crippen LogP contribution in [0, 0.1) is 0 Å². The van der Waals surface area contributed by atoms with E-state index in [0.717, 1.165) is 22.2 Å². The molecule has 0 aliphatic heterocycles. The normalized spacial score (nSPS) is 11.0. The van der Waals surface area contributed by atoms with Crippen LogP contribution in [0.25, 0.3) is 10.9 Å². The van der Waals surface area contributed by atoms with E-state index in [-0.39, 0.29) is 0 Å². The summed E-state index contributed by atoms with van der Waals surface area (Å²) >= 11 is 6.22. The van der Waals surface area contributed by atoms with Gasteiger partial charge in [-0.1, -0.05) is 41.9 Å². The zero-order valence-corrected chi connectivity index (χ0v) is 13.4. The number of hydrogen-bond donors (Lipinski definition) is 1.